The molecule has 136 valence electrons. The zero-order valence-corrected chi connectivity index (χ0v) is 14.9. The monoisotopic (exact) mass is 333 g/mol. The van der Waals surface area contributed by atoms with Crippen LogP contribution in [0.1, 0.15) is 47.5 Å². The minimum atomic E-state index is -1.37. The lowest BCUT2D eigenvalue weighted by Crippen LogP contribution is -2.44. The maximum atomic E-state index is 12.1. The second kappa shape index (κ2) is 9.85. The van der Waals surface area contributed by atoms with Crippen molar-refractivity contribution in [1.29, 1.82) is 0 Å². The van der Waals surface area contributed by atoms with Gasteiger partial charge in [0.05, 0.1) is 6.54 Å². The van der Waals surface area contributed by atoms with Crippen molar-refractivity contribution in [1.82, 2.24) is 4.90 Å². The lowest BCUT2D eigenvalue weighted by molar-refractivity contribution is -0.187. The highest BCUT2D eigenvalue weighted by atomic mass is 16.6. The van der Waals surface area contributed by atoms with Crippen LogP contribution >= 0.6 is 0 Å². The Labute approximate surface area is 138 Å². The second-order valence-corrected chi connectivity index (χ2v) is 6.92. The van der Waals surface area contributed by atoms with Crippen molar-refractivity contribution in [2.24, 2.45) is 0 Å². The number of aliphatic hydroxyl groups excluding tert-OH is 2. The van der Waals surface area contributed by atoms with Crippen molar-refractivity contribution in [2.45, 2.75) is 58.7 Å². The van der Waals surface area contributed by atoms with Gasteiger partial charge in [-0.1, -0.05) is 0 Å². The van der Waals surface area contributed by atoms with E-state index in [4.69, 9.17) is 19.7 Å². The van der Waals surface area contributed by atoms with Gasteiger partial charge in [0, 0.05) is 26.3 Å². The molecule has 0 unspecified atom stereocenters. The number of nitrogens with zero attached hydrogens (tertiary/aromatic N) is 1. The van der Waals surface area contributed by atoms with Crippen LogP contribution in [0.5, 0.6) is 0 Å². The number of carbonyl (C=O) groups is 2. The zero-order chi connectivity index (χ0) is 18.1. The van der Waals surface area contributed by atoms with Crippen LogP contribution in [0.15, 0.2) is 0 Å². The van der Waals surface area contributed by atoms with E-state index < -0.39 is 23.1 Å². The molecule has 0 fully saturated rings. The molecule has 0 spiro atoms. The Hall–Kier alpha value is -1.18. The Morgan fingerprint density at radius 3 is 1.78 bits per heavy atom. The number of carbonyl (C=O) groups excluding carboxylic acids is 2. The van der Waals surface area contributed by atoms with Crippen LogP contribution < -0.4 is 0 Å². The molecule has 0 radical (unpaired) electrons. The highest BCUT2D eigenvalue weighted by Crippen LogP contribution is 2.17. The molecular weight excluding hydrogens is 302 g/mol. The Bertz CT molecular complexity index is 367. The van der Waals surface area contributed by atoms with Crippen molar-refractivity contribution in [3.05, 3.63) is 0 Å². The number of esters is 2. The van der Waals surface area contributed by atoms with Crippen LogP contribution in [0.2, 0.25) is 0 Å². The van der Waals surface area contributed by atoms with Gasteiger partial charge < -0.3 is 19.7 Å². The highest BCUT2D eigenvalue weighted by molar-refractivity contribution is 5.83. The average Bonchev–Trinajstić information content (AvgIpc) is 2.39. The topological polar surface area (TPSA) is 96.3 Å². The minimum Gasteiger partial charge on any atom is -0.457 e. The summed E-state index contributed by atoms with van der Waals surface area (Å²) in [6, 6.07) is 0. The van der Waals surface area contributed by atoms with Gasteiger partial charge in [-0.2, -0.15) is 0 Å². The Kier molecular flexibility index (Phi) is 9.34. The van der Waals surface area contributed by atoms with Gasteiger partial charge in [-0.15, -0.1) is 0 Å². The summed E-state index contributed by atoms with van der Waals surface area (Å²) in [7, 11) is 0. The van der Waals surface area contributed by atoms with Gasteiger partial charge in [-0.05, 0) is 47.5 Å². The van der Waals surface area contributed by atoms with Gasteiger partial charge in [0.25, 0.3) is 0 Å². The molecule has 0 rings (SSSR count). The third kappa shape index (κ3) is 10.3. The molecule has 0 aliphatic carbocycles. The van der Waals surface area contributed by atoms with E-state index in [0.29, 0.717) is 25.9 Å². The van der Waals surface area contributed by atoms with E-state index in [-0.39, 0.29) is 19.8 Å². The van der Waals surface area contributed by atoms with Crippen LogP contribution in [0, 0.1) is 0 Å². The zero-order valence-electron chi connectivity index (χ0n) is 14.9. The van der Waals surface area contributed by atoms with Gasteiger partial charge in [0.2, 0.25) is 5.60 Å². The van der Waals surface area contributed by atoms with Crippen LogP contribution in [0.4, 0.5) is 0 Å². The van der Waals surface area contributed by atoms with E-state index in [0.717, 1.165) is 0 Å². The SMILES string of the molecule is CC(C)(C)OC(=O)C(C)(C)OC(=O)CN(CCCO)CCCO. The summed E-state index contributed by atoms with van der Waals surface area (Å²) < 4.78 is 10.5. The molecule has 0 aliphatic heterocycles. The average molecular weight is 333 g/mol. The predicted octanol–water partition coefficient (Wildman–Crippen LogP) is 0.717. The van der Waals surface area contributed by atoms with E-state index in [1.807, 2.05) is 0 Å². The van der Waals surface area contributed by atoms with E-state index >= 15 is 0 Å². The Balaban J connectivity index is 4.59. The third-order valence-corrected chi connectivity index (χ3v) is 2.88. The summed E-state index contributed by atoms with van der Waals surface area (Å²) in [4.78, 5) is 25.9. The van der Waals surface area contributed by atoms with Crippen LogP contribution in [-0.2, 0) is 19.1 Å². The van der Waals surface area contributed by atoms with Gasteiger partial charge in [0.1, 0.15) is 5.60 Å². The molecule has 7 heteroatoms. The molecule has 0 aromatic rings. The first-order valence-corrected chi connectivity index (χ1v) is 7.91. The molecular formula is C16H31NO6. The fourth-order valence-corrected chi connectivity index (χ4v) is 1.80. The quantitative estimate of drug-likeness (QED) is 0.569. The molecule has 23 heavy (non-hydrogen) atoms. The maximum absolute atomic E-state index is 12.1. The van der Waals surface area contributed by atoms with E-state index in [2.05, 4.69) is 0 Å². The molecule has 0 atom stereocenters. The molecule has 0 aromatic carbocycles. The Morgan fingerprint density at radius 1 is 0.913 bits per heavy atom. The molecule has 0 aliphatic rings. The van der Waals surface area contributed by atoms with Crippen LogP contribution in [0.25, 0.3) is 0 Å². The molecule has 7 nitrogen and oxygen atoms in total. The molecule has 0 saturated carbocycles. The number of hydrogen-bond acceptors (Lipinski definition) is 7. The molecule has 0 aromatic heterocycles. The van der Waals surface area contributed by atoms with Crippen molar-refractivity contribution in [3.63, 3.8) is 0 Å². The predicted molar refractivity (Wildman–Crippen MR) is 85.9 cm³/mol. The molecule has 0 bridgehead atoms. The molecule has 0 amide bonds. The summed E-state index contributed by atoms with van der Waals surface area (Å²) in [6.07, 6.45) is 1.04. The van der Waals surface area contributed by atoms with Crippen LogP contribution in [0.3, 0.4) is 0 Å². The van der Waals surface area contributed by atoms with E-state index in [9.17, 15) is 9.59 Å². The van der Waals surface area contributed by atoms with Crippen LogP contribution in [-0.4, -0.2) is 71.1 Å². The smallest absolute Gasteiger partial charge is 0.350 e. The lowest BCUT2D eigenvalue weighted by Gasteiger charge is -2.29. The lowest BCUT2D eigenvalue weighted by atomic mass is 10.1. The number of aliphatic hydroxyl groups is 2. The molecule has 0 heterocycles. The van der Waals surface area contributed by atoms with Crippen molar-refractivity contribution < 1.29 is 29.3 Å². The second-order valence-electron chi connectivity index (χ2n) is 6.92. The van der Waals surface area contributed by atoms with Crippen molar-refractivity contribution in [2.75, 3.05) is 32.8 Å². The summed E-state index contributed by atoms with van der Waals surface area (Å²) in [6.45, 7) is 9.28. The minimum absolute atomic E-state index is 0.00771. The maximum Gasteiger partial charge on any atom is 0.350 e. The number of hydrogen-bond donors (Lipinski definition) is 2. The van der Waals surface area contributed by atoms with Gasteiger partial charge in [-0.25, -0.2) is 4.79 Å². The van der Waals surface area contributed by atoms with Crippen molar-refractivity contribution >= 4 is 11.9 Å². The fourth-order valence-electron chi connectivity index (χ4n) is 1.80. The van der Waals surface area contributed by atoms with E-state index in [1.165, 1.54) is 13.8 Å². The first-order valence-electron chi connectivity index (χ1n) is 7.91. The third-order valence-electron chi connectivity index (χ3n) is 2.88. The molecule has 2 N–H and O–H groups in total. The summed E-state index contributed by atoms with van der Waals surface area (Å²) in [5.74, 6) is -1.15. The standard InChI is InChI=1S/C16H31NO6/c1-15(2,3)23-14(21)16(4,5)22-13(20)12-17(8-6-10-18)9-7-11-19/h18-19H,6-12H2,1-5H3. The first-order chi connectivity index (χ1) is 10.5. The number of rotatable bonds is 10. The van der Waals surface area contributed by atoms with Gasteiger partial charge in [-0.3, -0.25) is 9.69 Å². The van der Waals surface area contributed by atoms with Crippen molar-refractivity contribution in [3.8, 4) is 0 Å². The van der Waals surface area contributed by atoms with Gasteiger partial charge in [0.15, 0.2) is 0 Å². The van der Waals surface area contributed by atoms with Gasteiger partial charge >= 0.3 is 11.9 Å². The van der Waals surface area contributed by atoms with E-state index in [1.54, 1.807) is 25.7 Å². The summed E-state index contributed by atoms with van der Waals surface area (Å²) >= 11 is 0. The highest BCUT2D eigenvalue weighted by Gasteiger charge is 2.36. The molecule has 0 saturated heterocycles. The fraction of sp³-hybridized carbons (Fsp3) is 0.875. The number of ether oxygens (including phenoxy) is 2. The normalized spacial score (nSPS) is 12.3. The summed E-state index contributed by atoms with van der Waals surface area (Å²) in [5.41, 5.74) is -2.03. The first kappa shape index (κ1) is 21.8. The Morgan fingerprint density at radius 2 is 1.39 bits per heavy atom. The summed E-state index contributed by atoms with van der Waals surface area (Å²) in [5, 5.41) is 17.8. The largest absolute Gasteiger partial charge is 0.457 e.